The highest BCUT2D eigenvalue weighted by molar-refractivity contribution is 5.86. The van der Waals surface area contributed by atoms with Crippen LogP contribution in [0.25, 0.3) is 11.3 Å². The third kappa shape index (κ3) is 9.66. The lowest BCUT2D eigenvalue weighted by molar-refractivity contribution is -0.131. The monoisotopic (exact) mass is 538 g/mol. The van der Waals surface area contributed by atoms with E-state index in [1.54, 1.807) is 31.9 Å². The second kappa shape index (κ2) is 13.6. The lowest BCUT2D eigenvalue weighted by Gasteiger charge is -2.28. The first kappa shape index (κ1) is 30.1. The van der Waals surface area contributed by atoms with E-state index >= 15 is 0 Å². The van der Waals surface area contributed by atoms with E-state index in [0.29, 0.717) is 25.8 Å². The van der Waals surface area contributed by atoms with Gasteiger partial charge in [0.25, 0.3) is 0 Å². The Kier molecular flexibility index (Phi) is 10.5. The minimum Gasteiger partial charge on any atom is -0.444 e. The van der Waals surface area contributed by atoms with E-state index in [9.17, 15) is 19.5 Å². The molecule has 1 aliphatic heterocycles. The summed E-state index contributed by atoms with van der Waals surface area (Å²) in [7, 11) is 0. The molecule has 0 bridgehead atoms. The fraction of sp³-hybridized carbons (Fsp3) is 0.533. The summed E-state index contributed by atoms with van der Waals surface area (Å²) in [5, 5.41) is 16.5. The molecule has 0 saturated carbocycles. The van der Waals surface area contributed by atoms with Crippen LogP contribution in [0.2, 0.25) is 0 Å². The van der Waals surface area contributed by atoms with Crippen LogP contribution in [-0.2, 0) is 20.7 Å². The number of benzene rings is 1. The molecule has 39 heavy (non-hydrogen) atoms. The van der Waals surface area contributed by atoms with E-state index in [2.05, 4.69) is 15.6 Å². The molecule has 3 N–H and O–H groups in total. The molecule has 1 aliphatic rings. The van der Waals surface area contributed by atoms with Gasteiger partial charge in [-0.25, -0.2) is 4.79 Å². The van der Waals surface area contributed by atoms with Crippen LogP contribution in [-0.4, -0.2) is 69.8 Å². The van der Waals surface area contributed by atoms with Crippen LogP contribution in [0.1, 0.15) is 59.4 Å². The minimum absolute atomic E-state index is 0.0801. The fourth-order valence-corrected chi connectivity index (χ4v) is 4.63. The molecule has 9 heteroatoms. The SMILES string of the molecule is CC(C)CC(NC(=O)OC(C)(C)C)C(=O)NC1CCCN(C(=O)Cc2cccc(-c3ccccn3)c2)CC1O. The number of nitrogens with one attached hydrogen (secondary N) is 2. The average molecular weight is 539 g/mol. The smallest absolute Gasteiger partial charge is 0.408 e. The quantitative estimate of drug-likeness (QED) is 0.471. The normalized spacial score (nSPS) is 18.7. The van der Waals surface area contributed by atoms with Gasteiger partial charge in [-0.3, -0.25) is 14.6 Å². The number of pyridine rings is 1. The van der Waals surface area contributed by atoms with Crippen LogP contribution in [0, 0.1) is 5.92 Å². The zero-order chi connectivity index (χ0) is 28.6. The van der Waals surface area contributed by atoms with E-state index in [4.69, 9.17) is 4.74 Å². The first-order chi connectivity index (χ1) is 18.4. The second-order valence-electron chi connectivity index (χ2n) is 11.6. The van der Waals surface area contributed by atoms with Crippen molar-refractivity contribution in [3.8, 4) is 11.3 Å². The Morgan fingerprint density at radius 3 is 2.59 bits per heavy atom. The number of aliphatic hydroxyl groups is 1. The maximum absolute atomic E-state index is 13.2. The van der Waals surface area contributed by atoms with Crippen LogP contribution in [0.15, 0.2) is 48.7 Å². The molecule has 0 aliphatic carbocycles. The maximum Gasteiger partial charge on any atom is 0.408 e. The number of aliphatic hydroxyl groups excluding tert-OH is 1. The summed E-state index contributed by atoms with van der Waals surface area (Å²) in [6.07, 6.45) is 1.94. The van der Waals surface area contributed by atoms with Crippen LogP contribution in [0.4, 0.5) is 4.79 Å². The molecule has 3 atom stereocenters. The first-order valence-electron chi connectivity index (χ1n) is 13.7. The van der Waals surface area contributed by atoms with Gasteiger partial charge < -0.3 is 25.4 Å². The number of hydrogen-bond donors (Lipinski definition) is 3. The summed E-state index contributed by atoms with van der Waals surface area (Å²) in [5.41, 5.74) is 1.97. The molecule has 212 valence electrons. The third-order valence-electron chi connectivity index (χ3n) is 6.45. The number of aromatic nitrogens is 1. The number of β-amino-alcohol motifs (C(OH)–C–C–N with tert-alkyl or cyclic N) is 1. The molecule has 0 spiro atoms. The van der Waals surface area contributed by atoms with Crippen LogP contribution in [0.3, 0.4) is 0 Å². The molecule has 2 aromatic rings. The first-order valence-corrected chi connectivity index (χ1v) is 13.7. The van der Waals surface area contributed by atoms with Crippen molar-refractivity contribution in [2.75, 3.05) is 13.1 Å². The third-order valence-corrected chi connectivity index (χ3v) is 6.45. The number of likely N-dealkylation sites (tertiary alicyclic amines) is 1. The molecule has 1 fully saturated rings. The number of ether oxygens (including phenoxy) is 1. The number of carbonyl (C=O) groups excluding carboxylic acids is 3. The predicted octanol–water partition coefficient (Wildman–Crippen LogP) is 3.70. The molecule has 2 heterocycles. The van der Waals surface area contributed by atoms with Gasteiger partial charge in [0, 0.05) is 24.8 Å². The van der Waals surface area contributed by atoms with Gasteiger partial charge >= 0.3 is 6.09 Å². The molecule has 9 nitrogen and oxygen atoms in total. The van der Waals surface area contributed by atoms with Crippen LogP contribution < -0.4 is 10.6 Å². The predicted molar refractivity (Wildman–Crippen MR) is 150 cm³/mol. The summed E-state index contributed by atoms with van der Waals surface area (Å²) in [5.74, 6) is -0.299. The number of rotatable bonds is 8. The zero-order valence-corrected chi connectivity index (χ0v) is 23.6. The molecule has 1 aromatic carbocycles. The molecule has 1 aromatic heterocycles. The molecular formula is C30H42N4O5. The Labute approximate surface area is 231 Å². The Bertz CT molecular complexity index is 1120. The fourth-order valence-electron chi connectivity index (χ4n) is 4.63. The van der Waals surface area contributed by atoms with Crippen molar-refractivity contribution in [2.24, 2.45) is 5.92 Å². The molecule has 3 amide bonds. The summed E-state index contributed by atoms with van der Waals surface area (Å²) in [6, 6.07) is 12.1. The summed E-state index contributed by atoms with van der Waals surface area (Å²) < 4.78 is 5.33. The number of carbonyl (C=O) groups is 3. The van der Waals surface area contributed by atoms with Crippen LogP contribution >= 0.6 is 0 Å². The van der Waals surface area contributed by atoms with Crippen molar-refractivity contribution in [1.82, 2.24) is 20.5 Å². The van der Waals surface area contributed by atoms with Crippen molar-refractivity contribution in [3.63, 3.8) is 0 Å². The lowest BCUT2D eigenvalue weighted by Crippen LogP contribution is -2.54. The highest BCUT2D eigenvalue weighted by Crippen LogP contribution is 2.20. The standard InChI is InChI=1S/C30H42N4O5/c1-20(2)16-25(33-29(38)39-30(3,4)5)28(37)32-24-13-9-15-34(19-26(24)35)27(36)18-21-10-8-11-22(17-21)23-12-6-7-14-31-23/h6-8,10-12,14,17,20,24-26,35H,9,13,15-16,18-19H2,1-5H3,(H,32,37)(H,33,38). The minimum atomic E-state index is -0.929. The van der Waals surface area contributed by atoms with Crippen molar-refractivity contribution >= 4 is 17.9 Å². The second-order valence-corrected chi connectivity index (χ2v) is 11.6. The Morgan fingerprint density at radius 2 is 1.92 bits per heavy atom. The molecule has 0 radical (unpaired) electrons. The topological polar surface area (TPSA) is 121 Å². The highest BCUT2D eigenvalue weighted by Gasteiger charge is 2.32. The van der Waals surface area contributed by atoms with Gasteiger partial charge in [-0.05, 0) is 69.7 Å². The van der Waals surface area contributed by atoms with E-state index in [0.717, 1.165) is 16.8 Å². The van der Waals surface area contributed by atoms with Gasteiger partial charge in [0.2, 0.25) is 11.8 Å². The van der Waals surface area contributed by atoms with E-state index in [-0.39, 0.29) is 30.7 Å². The summed E-state index contributed by atoms with van der Waals surface area (Å²) >= 11 is 0. The summed E-state index contributed by atoms with van der Waals surface area (Å²) in [6.45, 7) is 9.83. The largest absolute Gasteiger partial charge is 0.444 e. The van der Waals surface area contributed by atoms with Gasteiger partial charge in [0.05, 0.1) is 24.3 Å². The van der Waals surface area contributed by atoms with E-state index < -0.39 is 29.9 Å². The van der Waals surface area contributed by atoms with Crippen molar-refractivity contribution in [2.45, 2.75) is 84.1 Å². The number of hydrogen-bond acceptors (Lipinski definition) is 6. The average Bonchev–Trinajstić information content (AvgIpc) is 3.04. The molecule has 3 unspecified atom stereocenters. The van der Waals surface area contributed by atoms with E-state index in [1.165, 1.54) is 0 Å². The van der Waals surface area contributed by atoms with Gasteiger partial charge in [0.1, 0.15) is 11.6 Å². The molecular weight excluding hydrogens is 496 g/mol. The maximum atomic E-state index is 13.2. The number of alkyl carbamates (subject to hydrolysis) is 1. The zero-order valence-electron chi connectivity index (χ0n) is 23.6. The van der Waals surface area contributed by atoms with Gasteiger partial charge in [0.15, 0.2) is 0 Å². The van der Waals surface area contributed by atoms with E-state index in [1.807, 2.05) is 56.3 Å². The van der Waals surface area contributed by atoms with Gasteiger partial charge in [-0.2, -0.15) is 0 Å². The summed E-state index contributed by atoms with van der Waals surface area (Å²) in [4.78, 5) is 44.7. The number of amides is 3. The Morgan fingerprint density at radius 1 is 1.15 bits per heavy atom. The van der Waals surface area contributed by atoms with Crippen molar-refractivity contribution in [3.05, 3.63) is 54.2 Å². The Balaban J connectivity index is 1.60. The molecule has 1 saturated heterocycles. The Hall–Kier alpha value is -3.46. The highest BCUT2D eigenvalue weighted by atomic mass is 16.6. The van der Waals surface area contributed by atoms with Gasteiger partial charge in [-0.15, -0.1) is 0 Å². The molecule has 3 rings (SSSR count). The van der Waals surface area contributed by atoms with Crippen molar-refractivity contribution in [1.29, 1.82) is 0 Å². The van der Waals surface area contributed by atoms with Gasteiger partial charge in [-0.1, -0.05) is 38.1 Å². The lowest BCUT2D eigenvalue weighted by atomic mass is 10.0. The number of nitrogens with zero attached hydrogens (tertiary/aromatic N) is 2. The van der Waals surface area contributed by atoms with Crippen molar-refractivity contribution < 1.29 is 24.2 Å². The van der Waals surface area contributed by atoms with Crippen LogP contribution in [0.5, 0.6) is 0 Å².